The molecule has 0 N–H and O–H groups in total. The fraction of sp³-hybridized carbons (Fsp3) is 0.444. The van der Waals surface area contributed by atoms with E-state index < -0.39 is 5.54 Å². The van der Waals surface area contributed by atoms with Crippen LogP contribution in [0.15, 0.2) is 53.5 Å². The lowest BCUT2D eigenvalue weighted by atomic mass is 9.95. The Bertz CT molecular complexity index is 1110. The molecule has 170 valence electrons. The first kappa shape index (κ1) is 20.9. The number of likely N-dealkylation sites (tertiary alicyclic amines) is 1. The first-order valence-corrected chi connectivity index (χ1v) is 12.5. The van der Waals surface area contributed by atoms with E-state index in [0.29, 0.717) is 18.4 Å². The van der Waals surface area contributed by atoms with Gasteiger partial charge in [0.05, 0.1) is 0 Å². The van der Waals surface area contributed by atoms with Crippen LogP contribution in [0.5, 0.6) is 0 Å². The molecule has 6 heteroatoms. The topological polar surface area (TPSA) is 53.0 Å². The normalized spacial score (nSPS) is 22.1. The zero-order valence-electron chi connectivity index (χ0n) is 18.7. The maximum atomic E-state index is 13.3. The minimum absolute atomic E-state index is 0.163. The van der Waals surface area contributed by atoms with Crippen molar-refractivity contribution in [1.82, 2.24) is 9.80 Å². The molecule has 2 aliphatic carbocycles. The maximum absolute atomic E-state index is 13.3. The third-order valence-corrected chi connectivity index (χ3v) is 7.81. The summed E-state index contributed by atoms with van der Waals surface area (Å²) >= 11 is 6.02. The van der Waals surface area contributed by atoms with Crippen LogP contribution in [0.3, 0.4) is 0 Å². The van der Waals surface area contributed by atoms with Crippen molar-refractivity contribution in [2.75, 3.05) is 19.6 Å². The lowest BCUT2D eigenvalue weighted by molar-refractivity contribution is -0.134. The van der Waals surface area contributed by atoms with Crippen LogP contribution in [0, 0.1) is 11.8 Å². The summed E-state index contributed by atoms with van der Waals surface area (Å²) in [6, 6.07) is 16.1. The number of aliphatic imine (C=N–C) groups is 1. The average Bonchev–Trinajstić information content (AvgIpc) is 3.77. The van der Waals surface area contributed by atoms with Crippen LogP contribution in [0.1, 0.15) is 44.1 Å². The second kappa shape index (κ2) is 7.98. The van der Waals surface area contributed by atoms with Crippen LogP contribution in [0.25, 0.3) is 11.1 Å². The fourth-order valence-corrected chi connectivity index (χ4v) is 5.25. The van der Waals surface area contributed by atoms with Gasteiger partial charge >= 0.3 is 0 Å². The van der Waals surface area contributed by atoms with E-state index in [9.17, 15) is 9.59 Å². The molecule has 2 saturated carbocycles. The Hall–Kier alpha value is -2.66. The van der Waals surface area contributed by atoms with Crippen molar-refractivity contribution in [2.24, 2.45) is 16.8 Å². The molecule has 2 amide bonds. The summed E-state index contributed by atoms with van der Waals surface area (Å²) in [5, 5.41) is 0.724. The lowest BCUT2D eigenvalue weighted by Crippen LogP contribution is -2.45. The van der Waals surface area contributed by atoms with E-state index >= 15 is 0 Å². The molecule has 0 aromatic heterocycles. The molecule has 2 aromatic carbocycles. The van der Waals surface area contributed by atoms with Gasteiger partial charge in [0.15, 0.2) is 0 Å². The second-order valence-electron chi connectivity index (χ2n) is 10.0. The van der Waals surface area contributed by atoms with Crippen molar-refractivity contribution in [3.8, 4) is 11.1 Å². The fourth-order valence-electron chi connectivity index (χ4n) is 5.13. The molecule has 2 heterocycles. The van der Waals surface area contributed by atoms with Gasteiger partial charge in [0.1, 0.15) is 11.4 Å². The molecule has 1 saturated heterocycles. The molecule has 2 aromatic rings. The van der Waals surface area contributed by atoms with Crippen LogP contribution in [-0.4, -0.2) is 52.6 Å². The summed E-state index contributed by atoms with van der Waals surface area (Å²) in [4.78, 5) is 34.6. The number of rotatable bonds is 5. The van der Waals surface area contributed by atoms with Crippen LogP contribution in [0.4, 0.5) is 0 Å². The summed E-state index contributed by atoms with van der Waals surface area (Å²) in [6.45, 7) is 2.33. The standard InChI is InChI=1S/C27H28ClN3O2/c28-23-9-7-20(8-10-23)19-1-3-21(4-2-19)24-29-27(13-14-27)26(33)31(24)17-18-11-15-30(16-12-18)25(32)22-5-6-22/h1-4,7-10,18,22H,5-6,11-17H2. The highest BCUT2D eigenvalue weighted by atomic mass is 35.5. The van der Waals surface area contributed by atoms with Gasteiger partial charge in [0.2, 0.25) is 5.91 Å². The highest BCUT2D eigenvalue weighted by molar-refractivity contribution is 6.30. The number of amidine groups is 1. The van der Waals surface area contributed by atoms with Gasteiger partial charge in [-0.3, -0.25) is 19.5 Å². The smallest absolute Gasteiger partial charge is 0.256 e. The van der Waals surface area contributed by atoms with Crippen molar-refractivity contribution in [2.45, 2.75) is 44.1 Å². The molecule has 1 spiro atoms. The molecule has 6 rings (SSSR count). The van der Waals surface area contributed by atoms with E-state index in [4.69, 9.17) is 16.6 Å². The Morgan fingerprint density at radius 2 is 1.48 bits per heavy atom. The van der Waals surface area contributed by atoms with Crippen molar-refractivity contribution in [3.63, 3.8) is 0 Å². The zero-order valence-corrected chi connectivity index (χ0v) is 19.4. The minimum atomic E-state index is -0.507. The molecule has 0 atom stereocenters. The minimum Gasteiger partial charge on any atom is -0.342 e. The number of nitrogens with zero attached hydrogens (tertiary/aromatic N) is 3. The summed E-state index contributed by atoms with van der Waals surface area (Å²) in [6.07, 6.45) is 5.72. The van der Waals surface area contributed by atoms with Gasteiger partial charge < -0.3 is 4.90 Å². The van der Waals surface area contributed by atoms with Crippen LogP contribution in [0.2, 0.25) is 5.02 Å². The Kier molecular flexibility index (Phi) is 5.06. The highest BCUT2D eigenvalue weighted by Gasteiger charge is 2.57. The van der Waals surface area contributed by atoms with Gasteiger partial charge in [0, 0.05) is 36.1 Å². The first-order valence-electron chi connectivity index (χ1n) is 12.1. The second-order valence-corrected chi connectivity index (χ2v) is 10.4. The summed E-state index contributed by atoms with van der Waals surface area (Å²) in [7, 11) is 0. The Balaban J connectivity index is 1.17. The van der Waals surface area contributed by atoms with Crippen molar-refractivity contribution in [3.05, 3.63) is 59.1 Å². The van der Waals surface area contributed by atoms with E-state index in [1.165, 1.54) is 0 Å². The SMILES string of the molecule is O=C(C1CC1)N1CCC(CN2C(=O)C3(CC3)N=C2c2ccc(-c3ccc(Cl)cc3)cc2)CC1. The largest absolute Gasteiger partial charge is 0.342 e. The molecular weight excluding hydrogens is 434 g/mol. The van der Waals surface area contributed by atoms with Gasteiger partial charge in [-0.05, 0) is 67.7 Å². The molecule has 0 bridgehead atoms. The van der Waals surface area contributed by atoms with Gasteiger partial charge in [-0.1, -0.05) is 48.0 Å². The number of piperidine rings is 1. The number of amides is 2. The van der Waals surface area contributed by atoms with Crippen molar-refractivity contribution < 1.29 is 9.59 Å². The van der Waals surface area contributed by atoms with E-state index in [-0.39, 0.29) is 11.8 Å². The number of carbonyl (C=O) groups excluding carboxylic acids is 2. The van der Waals surface area contributed by atoms with Crippen molar-refractivity contribution >= 4 is 29.3 Å². The number of hydrogen-bond donors (Lipinski definition) is 0. The first-order chi connectivity index (χ1) is 16.0. The molecule has 2 aliphatic heterocycles. The predicted molar refractivity (Wildman–Crippen MR) is 129 cm³/mol. The quantitative estimate of drug-likeness (QED) is 0.643. The van der Waals surface area contributed by atoms with Crippen molar-refractivity contribution in [1.29, 1.82) is 0 Å². The van der Waals surface area contributed by atoms with E-state index in [1.807, 2.05) is 34.1 Å². The average molecular weight is 462 g/mol. The lowest BCUT2D eigenvalue weighted by Gasteiger charge is -2.34. The Morgan fingerprint density at radius 3 is 2.06 bits per heavy atom. The summed E-state index contributed by atoms with van der Waals surface area (Å²) < 4.78 is 0. The molecule has 33 heavy (non-hydrogen) atoms. The number of benzene rings is 2. The highest BCUT2D eigenvalue weighted by Crippen LogP contribution is 2.46. The van der Waals surface area contributed by atoms with E-state index in [0.717, 1.165) is 79.2 Å². The molecule has 3 fully saturated rings. The molecule has 0 unspecified atom stereocenters. The Labute approximate surface area is 199 Å². The van der Waals surface area contributed by atoms with Gasteiger partial charge in [-0.15, -0.1) is 0 Å². The monoisotopic (exact) mass is 461 g/mol. The third-order valence-electron chi connectivity index (χ3n) is 7.56. The molecule has 4 aliphatic rings. The van der Waals surface area contributed by atoms with Gasteiger partial charge in [-0.25, -0.2) is 0 Å². The van der Waals surface area contributed by atoms with Gasteiger partial charge in [0.25, 0.3) is 5.91 Å². The molecule has 5 nitrogen and oxygen atoms in total. The molecular formula is C27H28ClN3O2. The van der Waals surface area contributed by atoms with Gasteiger partial charge in [-0.2, -0.15) is 0 Å². The number of carbonyl (C=O) groups is 2. The van der Waals surface area contributed by atoms with Crippen LogP contribution < -0.4 is 0 Å². The number of halogens is 1. The maximum Gasteiger partial charge on any atom is 0.256 e. The van der Waals surface area contributed by atoms with Crippen LogP contribution >= 0.6 is 11.6 Å². The molecule has 0 radical (unpaired) electrons. The van der Waals surface area contributed by atoms with Crippen LogP contribution in [-0.2, 0) is 9.59 Å². The van der Waals surface area contributed by atoms with E-state index in [2.05, 4.69) is 24.3 Å². The van der Waals surface area contributed by atoms with E-state index in [1.54, 1.807) is 0 Å². The Morgan fingerprint density at radius 1 is 0.909 bits per heavy atom. The predicted octanol–water partition coefficient (Wildman–Crippen LogP) is 4.78. The summed E-state index contributed by atoms with van der Waals surface area (Å²) in [5.41, 5.74) is 2.71. The number of hydrogen-bond acceptors (Lipinski definition) is 3. The zero-order chi connectivity index (χ0) is 22.6. The summed E-state index contributed by atoms with van der Waals surface area (Å²) in [5.74, 6) is 2.01. The third kappa shape index (κ3) is 3.97.